The second kappa shape index (κ2) is 8.41. The van der Waals surface area contributed by atoms with E-state index in [-0.39, 0.29) is 6.10 Å². The Labute approximate surface area is 121 Å². The summed E-state index contributed by atoms with van der Waals surface area (Å²) < 4.78 is 5.80. The third kappa shape index (κ3) is 7.41. The molecule has 0 spiro atoms. The Balaban J connectivity index is 2.25. The molecular weight excluding hydrogens is 260 g/mol. The summed E-state index contributed by atoms with van der Waals surface area (Å²) in [4.78, 5) is 0. The van der Waals surface area contributed by atoms with E-state index in [9.17, 15) is 0 Å². The molecule has 2 unspecified atom stereocenters. The minimum absolute atomic E-state index is 0.111. The van der Waals surface area contributed by atoms with Gasteiger partial charge in [-0.25, -0.2) is 0 Å². The predicted molar refractivity (Wildman–Crippen MR) is 82.1 cm³/mol. The van der Waals surface area contributed by atoms with E-state index in [1.807, 2.05) is 24.3 Å². The van der Waals surface area contributed by atoms with Crippen LogP contribution in [0.5, 0.6) is 5.75 Å². The van der Waals surface area contributed by atoms with Crippen molar-refractivity contribution in [1.29, 1.82) is 0 Å². The lowest BCUT2D eigenvalue weighted by atomic mass is 10.2. The highest BCUT2D eigenvalue weighted by atomic mass is 35.5. The average Bonchev–Trinajstić information content (AvgIpc) is 2.34. The van der Waals surface area contributed by atoms with Crippen molar-refractivity contribution in [1.82, 2.24) is 10.6 Å². The van der Waals surface area contributed by atoms with Crippen molar-refractivity contribution in [3.8, 4) is 5.75 Å². The predicted octanol–water partition coefficient (Wildman–Crippen LogP) is 3.08. The summed E-state index contributed by atoms with van der Waals surface area (Å²) >= 11 is 5.92. The highest BCUT2D eigenvalue weighted by Gasteiger charge is 2.07. The molecular formula is C15H25ClN2O. The molecule has 0 saturated carbocycles. The first kappa shape index (κ1) is 16.3. The lowest BCUT2D eigenvalue weighted by molar-refractivity contribution is 0.212. The SMILES string of the molecule is CC(C)NCC(C)NCC(C)Oc1cccc(Cl)c1. The van der Waals surface area contributed by atoms with Gasteiger partial charge in [0.15, 0.2) is 0 Å². The summed E-state index contributed by atoms with van der Waals surface area (Å²) in [6.07, 6.45) is 0.111. The Bertz CT molecular complexity index is 371. The summed E-state index contributed by atoms with van der Waals surface area (Å²) in [6, 6.07) is 8.44. The molecule has 0 saturated heterocycles. The fraction of sp³-hybridized carbons (Fsp3) is 0.600. The molecule has 108 valence electrons. The van der Waals surface area contributed by atoms with Gasteiger partial charge in [-0.1, -0.05) is 31.5 Å². The number of benzene rings is 1. The van der Waals surface area contributed by atoms with Crippen molar-refractivity contribution < 1.29 is 4.74 Å². The highest BCUT2D eigenvalue weighted by Crippen LogP contribution is 2.18. The maximum Gasteiger partial charge on any atom is 0.121 e. The van der Waals surface area contributed by atoms with E-state index in [0.29, 0.717) is 17.1 Å². The van der Waals surface area contributed by atoms with E-state index >= 15 is 0 Å². The standard InChI is InChI=1S/C15H25ClN2O/c1-11(2)17-9-12(3)18-10-13(4)19-15-7-5-6-14(16)8-15/h5-8,11-13,17-18H,9-10H2,1-4H3. The zero-order valence-corrected chi connectivity index (χ0v) is 13.0. The van der Waals surface area contributed by atoms with Crippen molar-refractivity contribution in [3.05, 3.63) is 29.3 Å². The summed E-state index contributed by atoms with van der Waals surface area (Å²) in [5, 5.41) is 7.56. The van der Waals surface area contributed by atoms with Gasteiger partial charge in [-0.3, -0.25) is 0 Å². The van der Waals surface area contributed by atoms with Gasteiger partial charge in [-0.05, 0) is 32.0 Å². The molecule has 0 bridgehead atoms. The Kier molecular flexibility index (Phi) is 7.21. The van der Waals surface area contributed by atoms with Gasteiger partial charge in [0, 0.05) is 30.2 Å². The molecule has 1 aromatic carbocycles. The van der Waals surface area contributed by atoms with E-state index in [4.69, 9.17) is 16.3 Å². The zero-order valence-electron chi connectivity index (χ0n) is 12.2. The number of hydrogen-bond donors (Lipinski definition) is 2. The van der Waals surface area contributed by atoms with Gasteiger partial charge in [-0.15, -0.1) is 0 Å². The molecule has 19 heavy (non-hydrogen) atoms. The van der Waals surface area contributed by atoms with Crippen LogP contribution in [-0.4, -0.2) is 31.3 Å². The van der Waals surface area contributed by atoms with Crippen molar-refractivity contribution in [3.63, 3.8) is 0 Å². The maximum absolute atomic E-state index is 5.92. The number of hydrogen-bond acceptors (Lipinski definition) is 3. The Morgan fingerprint density at radius 2 is 1.84 bits per heavy atom. The molecule has 0 aliphatic rings. The number of halogens is 1. The van der Waals surface area contributed by atoms with E-state index in [0.717, 1.165) is 18.8 Å². The zero-order chi connectivity index (χ0) is 14.3. The lowest BCUT2D eigenvalue weighted by Gasteiger charge is -2.20. The van der Waals surface area contributed by atoms with Crippen molar-refractivity contribution >= 4 is 11.6 Å². The summed E-state index contributed by atoms with van der Waals surface area (Å²) in [5.74, 6) is 0.815. The van der Waals surface area contributed by atoms with Gasteiger partial charge in [0.1, 0.15) is 11.9 Å². The first-order chi connectivity index (χ1) is 8.97. The van der Waals surface area contributed by atoms with Gasteiger partial charge in [0.25, 0.3) is 0 Å². The van der Waals surface area contributed by atoms with Gasteiger partial charge in [-0.2, -0.15) is 0 Å². The molecule has 0 aliphatic carbocycles. The maximum atomic E-state index is 5.92. The number of nitrogens with one attached hydrogen (secondary N) is 2. The first-order valence-corrected chi connectivity index (χ1v) is 7.24. The molecule has 0 radical (unpaired) electrons. The number of rotatable bonds is 8. The van der Waals surface area contributed by atoms with E-state index in [2.05, 4.69) is 38.3 Å². The van der Waals surface area contributed by atoms with Gasteiger partial charge < -0.3 is 15.4 Å². The van der Waals surface area contributed by atoms with Crippen LogP contribution in [0.15, 0.2) is 24.3 Å². The van der Waals surface area contributed by atoms with Gasteiger partial charge >= 0.3 is 0 Å². The molecule has 2 N–H and O–H groups in total. The van der Waals surface area contributed by atoms with Crippen molar-refractivity contribution in [2.75, 3.05) is 13.1 Å². The van der Waals surface area contributed by atoms with Gasteiger partial charge in [0.2, 0.25) is 0 Å². The Hall–Kier alpha value is -0.770. The molecule has 0 amide bonds. The first-order valence-electron chi connectivity index (χ1n) is 6.86. The normalized spacial score (nSPS) is 14.4. The van der Waals surface area contributed by atoms with Crippen LogP contribution in [0.4, 0.5) is 0 Å². The van der Waals surface area contributed by atoms with Gasteiger partial charge in [0.05, 0.1) is 0 Å². The minimum atomic E-state index is 0.111. The highest BCUT2D eigenvalue weighted by molar-refractivity contribution is 6.30. The third-order valence-electron chi connectivity index (χ3n) is 2.72. The quantitative estimate of drug-likeness (QED) is 0.770. The van der Waals surface area contributed by atoms with E-state index in [1.54, 1.807) is 0 Å². The number of ether oxygens (including phenoxy) is 1. The second-order valence-corrected chi connectivity index (χ2v) is 5.69. The molecule has 0 aromatic heterocycles. The van der Waals surface area contributed by atoms with Crippen LogP contribution < -0.4 is 15.4 Å². The second-order valence-electron chi connectivity index (χ2n) is 5.26. The van der Waals surface area contributed by atoms with Crippen LogP contribution in [-0.2, 0) is 0 Å². The van der Waals surface area contributed by atoms with Crippen molar-refractivity contribution in [2.24, 2.45) is 0 Å². The molecule has 2 atom stereocenters. The van der Waals surface area contributed by atoms with E-state index in [1.165, 1.54) is 0 Å². The molecule has 1 rings (SSSR count). The largest absolute Gasteiger partial charge is 0.489 e. The summed E-state index contributed by atoms with van der Waals surface area (Å²) in [6.45, 7) is 10.3. The lowest BCUT2D eigenvalue weighted by Crippen LogP contribution is -2.42. The molecule has 3 nitrogen and oxygen atoms in total. The minimum Gasteiger partial charge on any atom is -0.489 e. The summed E-state index contributed by atoms with van der Waals surface area (Å²) in [5.41, 5.74) is 0. The van der Waals surface area contributed by atoms with E-state index < -0.39 is 0 Å². The summed E-state index contributed by atoms with van der Waals surface area (Å²) in [7, 11) is 0. The van der Waals surface area contributed by atoms with Crippen molar-refractivity contribution in [2.45, 2.75) is 45.9 Å². The topological polar surface area (TPSA) is 33.3 Å². The van der Waals surface area contributed by atoms with Crippen LogP contribution in [0.1, 0.15) is 27.7 Å². The smallest absolute Gasteiger partial charge is 0.121 e. The van der Waals surface area contributed by atoms with Crippen LogP contribution >= 0.6 is 11.6 Å². The molecule has 0 heterocycles. The third-order valence-corrected chi connectivity index (χ3v) is 2.95. The van der Waals surface area contributed by atoms with Crippen LogP contribution in [0, 0.1) is 0 Å². The molecule has 4 heteroatoms. The molecule has 0 fully saturated rings. The van der Waals surface area contributed by atoms with Crippen LogP contribution in [0.2, 0.25) is 5.02 Å². The average molecular weight is 285 g/mol. The fourth-order valence-corrected chi connectivity index (χ4v) is 1.85. The van der Waals surface area contributed by atoms with Crippen LogP contribution in [0.25, 0.3) is 0 Å². The Morgan fingerprint density at radius 1 is 1.11 bits per heavy atom. The fourth-order valence-electron chi connectivity index (χ4n) is 1.67. The molecule has 0 aliphatic heterocycles. The van der Waals surface area contributed by atoms with Crippen LogP contribution in [0.3, 0.4) is 0 Å². The Morgan fingerprint density at radius 3 is 2.47 bits per heavy atom. The molecule has 1 aromatic rings. The monoisotopic (exact) mass is 284 g/mol.